The number of hydrogen-bond acceptors (Lipinski definition) is 1. The molecule has 0 radical (unpaired) electrons. The van der Waals surface area contributed by atoms with E-state index in [-0.39, 0.29) is 5.54 Å². The summed E-state index contributed by atoms with van der Waals surface area (Å²) in [5.74, 6) is 3.75. The van der Waals surface area contributed by atoms with Crippen molar-refractivity contribution in [2.75, 3.05) is 0 Å². The van der Waals surface area contributed by atoms with Crippen molar-refractivity contribution in [3.05, 3.63) is 0 Å². The molecular weight excluding hydrogens is 158 g/mol. The van der Waals surface area contributed by atoms with Gasteiger partial charge < -0.3 is 5.73 Å². The first-order valence-electron chi connectivity index (χ1n) is 5.77. The highest BCUT2D eigenvalue weighted by atomic mass is 14.7. The van der Waals surface area contributed by atoms with E-state index in [1.807, 2.05) is 0 Å². The second kappa shape index (κ2) is 2.98. The summed E-state index contributed by atoms with van der Waals surface area (Å²) < 4.78 is 0. The molecule has 0 aromatic rings. The summed E-state index contributed by atoms with van der Waals surface area (Å²) in [7, 11) is 0. The smallest absolute Gasteiger partial charge is 0.0126 e. The Labute approximate surface area is 82.1 Å². The molecule has 2 rings (SSSR count). The first kappa shape index (κ1) is 9.51. The van der Waals surface area contributed by atoms with Crippen molar-refractivity contribution in [2.24, 2.45) is 29.4 Å². The maximum absolute atomic E-state index is 6.21. The average molecular weight is 181 g/mol. The van der Waals surface area contributed by atoms with Crippen molar-refractivity contribution in [1.82, 2.24) is 0 Å². The molecule has 0 spiro atoms. The molecule has 1 nitrogen and oxygen atoms in total. The van der Waals surface area contributed by atoms with E-state index in [1.54, 1.807) is 0 Å². The summed E-state index contributed by atoms with van der Waals surface area (Å²) in [4.78, 5) is 0. The van der Waals surface area contributed by atoms with Gasteiger partial charge in [0.25, 0.3) is 0 Å². The van der Waals surface area contributed by atoms with Gasteiger partial charge in [0.15, 0.2) is 0 Å². The lowest BCUT2D eigenvalue weighted by Gasteiger charge is -2.40. The Morgan fingerprint density at radius 2 is 1.54 bits per heavy atom. The third-order valence-electron chi connectivity index (χ3n) is 4.62. The lowest BCUT2D eigenvalue weighted by Crippen LogP contribution is -2.44. The summed E-state index contributed by atoms with van der Waals surface area (Å²) in [6.07, 6.45) is 5.72. The zero-order valence-electron chi connectivity index (χ0n) is 9.22. The fraction of sp³-hybridized carbons (Fsp3) is 1.00. The third kappa shape index (κ3) is 1.63. The van der Waals surface area contributed by atoms with Crippen molar-refractivity contribution in [3.8, 4) is 0 Å². The van der Waals surface area contributed by atoms with Crippen LogP contribution >= 0.6 is 0 Å². The molecule has 0 aromatic heterocycles. The van der Waals surface area contributed by atoms with Crippen LogP contribution in [0.4, 0.5) is 0 Å². The zero-order chi connectivity index (χ0) is 9.64. The summed E-state index contributed by atoms with van der Waals surface area (Å²) in [6.45, 7) is 6.85. The van der Waals surface area contributed by atoms with Crippen LogP contribution in [0.3, 0.4) is 0 Å². The molecule has 0 amide bonds. The van der Waals surface area contributed by atoms with Gasteiger partial charge in [0.1, 0.15) is 0 Å². The molecule has 13 heavy (non-hydrogen) atoms. The molecule has 1 heteroatoms. The standard InChI is InChI=1S/C12H23N/c1-8-9-4-5-10(8)7-11(6-9)12(2,3)13/h8-11H,4-7,13H2,1-3H3. The fourth-order valence-corrected chi connectivity index (χ4v) is 3.44. The molecule has 2 aliphatic carbocycles. The van der Waals surface area contributed by atoms with E-state index >= 15 is 0 Å². The van der Waals surface area contributed by atoms with Gasteiger partial charge in [-0.3, -0.25) is 0 Å². The predicted molar refractivity (Wildman–Crippen MR) is 56.4 cm³/mol. The van der Waals surface area contributed by atoms with Gasteiger partial charge in [-0.05, 0) is 63.2 Å². The highest BCUT2D eigenvalue weighted by molar-refractivity contribution is 4.96. The molecule has 2 bridgehead atoms. The lowest BCUT2D eigenvalue weighted by atomic mass is 9.68. The molecule has 2 aliphatic rings. The van der Waals surface area contributed by atoms with Crippen molar-refractivity contribution in [1.29, 1.82) is 0 Å². The Balaban J connectivity index is 2.07. The molecule has 0 aliphatic heterocycles. The van der Waals surface area contributed by atoms with E-state index in [9.17, 15) is 0 Å². The van der Waals surface area contributed by atoms with Crippen LogP contribution in [0.15, 0.2) is 0 Å². The highest BCUT2D eigenvalue weighted by Gasteiger charge is 2.43. The van der Waals surface area contributed by atoms with Gasteiger partial charge in [-0.15, -0.1) is 0 Å². The zero-order valence-corrected chi connectivity index (χ0v) is 9.22. The largest absolute Gasteiger partial charge is 0.325 e. The molecule has 2 unspecified atom stereocenters. The Morgan fingerprint density at radius 1 is 1.08 bits per heavy atom. The molecule has 2 atom stereocenters. The molecule has 0 saturated heterocycles. The van der Waals surface area contributed by atoms with Crippen molar-refractivity contribution in [2.45, 2.75) is 52.0 Å². The monoisotopic (exact) mass is 181 g/mol. The SMILES string of the molecule is CC1C2CCC1CC(C(C)(C)N)C2. The molecule has 2 saturated carbocycles. The van der Waals surface area contributed by atoms with Crippen LogP contribution in [-0.2, 0) is 0 Å². The van der Waals surface area contributed by atoms with Gasteiger partial charge in [-0.2, -0.15) is 0 Å². The van der Waals surface area contributed by atoms with Crippen molar-refractivity contribution < 1.29 is 0 Å². The second-order valence-corrected chi connectivity index (χ2v) is 5.95. The van der Waals surface area contributed by atoms with Gasteiger partial charge in [-0.1, -0.05) is 6.92 Å². The van der Waals surface area contributed by atoms with E-state index in [0.717, 1.165) is 23.7 Å². The fourth-order valence-electron chi connectivity index (χ4n) is 3.44. The van der Waals surface area contributed by atoms with Crippen LogP contribution in [0.5, 0.6) is 0 Å². The summed E-state index contributed by atoms with van der Waals surface area (Å²) in [5.41, 5.74) is 6.26. The van der Waals surface area contributed by atoms with Gasteiger partial charge in [0.05, 0.1) is 0 Å². The van der Waals surface area contributed by atoms with E-state index in [0.29, 0.717) is 0 Å². The van der Waals surface area contributed by atoms with Crippen molar-refractivity contribution >= 4 is 0 Å². The van der Waals surface area contributed by atoms with Gasteiger partial charge >= 0.3 is 0 Å². The number of nitrogens with two attached hydrogens (primary N) is 1. The summed E-state index contributed by atoms with van der Waals surface area (Å²) in [5, 5.41) is 0. The third-order valence-corrected chi connectivity index (χ3v) is 4.62. The van der Waals surface area contributed by atoms with Crippen LogP contribution in [0, 0.1) is 23.7 Å². The Bertz CT molecular complexity index is 178. The molecule has 76 valence electrons. The van der Waals surface area contributed by atoms with E-state index in [4.69, 9.17) is 5.73 Å². The Kier molecular flexibility index (Phi) is 2.18. The Morgan fingerprint density at radius 3 is 1.92 bits per heavy atom. The lowest BCUT2D eigenvalue weighted by molar-refractivity contribution is 0.132. The van der Waals surface area contributed by atoms with Crippen LogP contribution in [0.1, 0.15) is 46.5 Å². The Hall–Kier alpha value is -0.0400. The molecule has 0 aromatic carbocycles. The van der Waals surface area contributed by atoms with E-state index in [1.165, 1.54) is 25.7 Å². The maximum atomic E-state index is 6.21. The highest BCUT2D eigenvalue weighted by Crippen LogP contribution is 2.50. The molecular formula is C12H23N. The van der Waals surface area contributed by atoms with Crippen LogP contribution < -0.4 is 5.73 Å². The van der Waals surface area contributed by atoms with Gasteiger partial charge in [0, 0.05) is 5.54 Å². The topological polar surface area (TPSA) is 26.0 Å². The van der Waals surface area contributed by atoms with E-state index in [2.05, 4.69) is 20.8 Å². The minimum atomic E-state index is 0.0565. The predicted octanol–water partition coefficient (Wildman–Crippen LogP) is 2.80. The maximum Gasteiger partial charge on any atom is 0.0126 e. The first-order chi connectivity index (χ1) is 5.98. The molecule has 0 heterocycles. The number of fused-ring (bicyclic) bond motifs is 2. The van der Waals surface area contributed by atoms with Crippen molar-refractivity contribution in [3.63, 3.8) is 0 Å². The van der Waals surface area contributed by atoms with Crippen LogP contribution in [0.25, 0.3) is 0 Å². The number of hydrogen-bond donors (Lipinski definition) is 1. The number of rotatable bonds is 1. The quantitative estimate of drug-likeness (QED) is 0.661. The minimum absolute atomic E-state index is 0.0565. The minimum Gasteiger partial charge on any atom is -0.325 e. The van der Waals surface area contributed by atoms with Crippen LogP contribution in [0.2, 0.25) is 0 Å². The first-order valence-corrected chi connectivity index (χ1v) is 5.77. The second-order valence-electron chi connectivity index (χ2n) is 5.95. The van der Waals surface area contributed by atoms with Gasteiger partial charge in [-0.25, -0.2) is 0 Å². The molecule has 2 N–H and O–H groups in total. The normalized spacial score (nSPS) is 45.2. The van der Waals surface area contributed by atoms with E-state index < -0.39 is 0 Å². The summed E-state index contributed by atoms with van der Waals surface area (Å²) >= 11 is 0. The average Bonchev–Trinajstić information content (AvgIpc) is 2.29. The summed E-state index contributed by atoms with van der Waals surface area (Å²) in [6, 6.07) is 0. The molecule has 2 fully saturated rings. The van der Waals surface area contributed by atoms with Crippen LogP contribution in [-0.4, -0.2) is 5.54 Å². The van der Waals surface area contributed by atoms with Gasteiger partial charge in [0.2, 0.25) is 0 Å².